The average molecular weight is 593 g/mol. The van der Waals surface area contributed by atoms with Gasteiger partial charge in [0.1, 0.15) is 11.4 Å². The molecule has 0 bridgehead atoms. The van der Waals surface area contributed by atoms with Gasteiger partial charge in [0.25, 0.3) is 11.5 Å². The first-order chi connectivity index (χ1) is 20.5. The summed E-state index contributed by atoms with van der Waals surface area (Å²) in [5, 5.41) is 15.0. The molecule has 0 aliphatic carbocycles. The van der Waals surface area contributed by atoms with Gasteiger partial charge in [-0.25, -0.2) is 22.9 Å². The van der Waals surface area contributed by atoms with Gasteiger partial charge in [-0.1, -0.05) is 0 Å². The van der Waals surface area contributed by atoms with Crippen LogP contribution in [0, 0.1) is 17.0 Å². The molecule has 1 aromatic heterocycles. The number of methoxy groups -OCH3 is 1. The van der Waals surface area contributed by atoms with Crippen LogP contribution in [-0.4, -0.2) is 34.5 Å². The van der Waals surface area contributed by atoms with Crippen LogP contribution in [0.15, 0.2) is 93.8 Å². The molecule has 2 aromatic carbocycles. The molecule has 0 atom stereocenters. The molecule has 4 rings (SSSR count). The number of ether oxygens (including phenoxy) is 2. The number of carbonyl (C=O) groups is 2. The van der Waals surface area contributed by atoms with E-state index >= 15 is 4.39 Å². The second-order valence-electron chi connectivity index (χ2n) is 9.26. The number of allylic oxidation sites excluding steroid dienone is 2. The number of halogens is 2. The Morgan fingerprint density at radius 3 is 2.42 bits per heavy atom. The Hall–Kier alpha value is -5.79. The van der Waals surface area contributed by atoms with Gasteiger partial charge >= 0.3 is 11.8 Å². The Morgan fingerprint density at radius 1 is 1.07 bits per heavy atom. The van der Waals surface area contributed by atoms with E-state index in [1.807, 2.05) is 0 Å². The Kier molecular flexibility index (Phi) is 8.99. The first kappa shape index (κ1) is 30.2. The summed E-state index contributed by atoms with van der Waals surface area (Å²) in [6.07, 6.45) is 5.50. The number of benzene rings is 2. The molecular weight excluding hydrogens is 566 g/mol. The van der Waals surface area contributed by atoms with Gasteiger partial charge in [-0.3, -0.25) is 19.5 Å². The predicted octanol–water partition coefficient (Wildman–Crippen LogP) is 3.71. The summed E-state index contributed by atoms with van der Waals surface area (Å²) < 4.78 is 40.8. The quantitative estimate of drug-likeness (QED) is 0.291. The summed E-state index contributed by atoms with van der Waals surface area (Å²) >= 11 is 0. The van der Waals surface area contributed by atoms with Gasteiger partial charge in [-0.05, 0) is 56.3 Å². The fourth-order valence-electron chi connectivity index (χ4n) is 3.92. The Balaban J connectivity index is 1.62. The van der Waals surface area contributed by atoms with Crippen molar-refractivity contribution in [3.05, 3.63) is 122 Å². The zero-order valence-electron chi connectivity index (χ0n) is 23.1. The molecule has 0 spiro atoms. The summed E-state index contributed by atoms with van der Waals surface area (Å²) in [6.45, 7) is 3.36. The molecule has 0 saturated heterocycles. The van der Waals surface area contributed by atoms with Crippen LogP contribution in [0.5, 0.6) is 5.75 Å². The molecule has 0 fully saturated rings. The maximum atomic E-state index is 15.1. The Labute approximate surface area is 243 Å². The molecule has 4 N–H and O–H groups in total. The largest absolute Gasteiger partial charge is 0.453 e. The van der Waals surface area contributed by atoms with Crippen molar-refractivity contribution in [2.45, 2.75) is 19.9 Å². The summed E-state index contributed by atoms with van der Waals surface area (Å²) in [5.74, 6) is -2.57. The Bertz CT molecular complexity index is 1810. The van der Waals surface area contributed by atoms with Crippen molar-refractivity contribution in [2.75, 3.05) is 12.4 Å². The molecule has 2 amide bonds. The number of aromatic nitrogens is 2. The lowest BCUT2D eigenvalue weighted by atomic mass is 10.2. The maximum Gasteiger partial charge on any atom is 0.411 e. The van der Waals surface area contributed by atoms with Gasteiger partial charge in [-0.2, -0.15) is 0 Å². The number of nitrogens with zero attached hydrogens (tertiary/aromatic N) is 2. The molecule has 0 saturated carbocycles. The highest BCUT2D eigenvalue weighted by atomic mass is 19.1. The van der Waals surface area contributed by atoms with Crippen LogP contribution < -0.4 is 31.9 Å². The van der Waals surface area contributed by atoms with E-state index in [2.05, 4.69) is 20.7 Å². The van der Waals surface area contributed by atoms with Crippen molar-refractivity contribution in [1.29, 1.82) is 5.41 Å². The van der Waals surface area contributed by atoms with E-state index in [4.69, 9.17) is 10.1 Å². The van der Waals surface area contributed by atoms with Gasteiger partial charge in [-0.15, -0.1) is 0 Å². The van der Waals surface area contributed by atoms with Crippen molar-refractivity contribution in [3.8, 4) is 11.4 Å². The molecule has 43 heavy (non-hydrogen) atoms. The van der Waals surface area contributed by atoms with E-state index in [9.17, 15) is 23.6 Å². The predicted molar refractivity (Wildman–Crippen MR) is 153 cm³/mol. The first-order valence-corrected chi connectivity index (χ1v) is 12.7. The second kappa shape index (κ2) is 12.8. The number of hydrogen-bond acceptors (Lipinski definition) is 8. The number of dihydropyridines is 1. The molecular formula is C29H26F2N6O6. The fraction of sp³-hybridized carbons (Fsp3) is 0.138. The van der Waals surface area contributed by atoms with E-state index < -0.39 is 46.5 Å². The van der Waals surface area contributed by atoms with E-state index in [1.54, 1.807) is 13.8 Å². The maximum absolute atomic E-state index is 15.1. The van der Waals surface area contributed by atoms with Gasteiger partial charge in [0.15, 0.2) is 17.3 Å². The zero-order valence-corrected chi connectivity index (χ0v) is 23.1. The topological polar surface area (TPSA) is 157 Å². The van der Waals surface area contributed by atoms with Crippen molar-refractivity contribution < 1.29 is 27.8 Å². The number of rotatable bonds is 8. The van der Waals surface area contributed by atoms with Gasteiger partial charge in [0.05, 0.1) is 24.2 Å². The van der Waals surface area contributed by atoms with Crippen LogP contribution in [0.3, 0.4) is 0 Å². The van der Waals surface area contributed by atoms with Crippen LogP contribution in [-0.2, 0) is 4.74 Å². The van der Waals surface area contributed by atoms with Crippen molar-refractivity contribution in [1.82, 2.24) is 19.8 Å². The van der Waals surface area contributed by atoms with Crippen LogP contribution in [0.1, 0.15) is 30.2 Å². The number of amides is 2. The normalized spacial score (nSPS) is 13.5. The monoisotopic (exact) mass is 592 g/mol. The third kappa shape index (κ3) is 6.75. The van der Waals surface area contributed by atoms with Crippen molar-refractivity contribution in [3.63, 3.8) is 0 Å². The van der Waals surface area contributed by atoms with Gasteiger partial charge < -0.3 is 25.5 Å². The van der Waals surface area contributed by atoms with Crippen molar-refractivity contribution >= 4 is 23.9 Å². The number of hydrogen-bond donors (Lipinski definition) is 4. The number of anilines is 1. The van der Waals surface area contributed by atoms with Crippen LogP contribution in [0.2, 0.25) is 0 Å². The van der Waals surface area contributed by atoms with Gasteiger partial charge in [0.2, 0.25) is 0 Å². The molecule has 0 radical (unpaired) electrons. The van der Waals surface area contributed by atoms with E-state index in [1.165, 1.54) is 54.3 Å². The minimum Gasteiger partial charge on any atom is -0.453 e. The van der Waals surface area contributed by atoms with Crippen molar-refractivity contribution in [2.24, 2.45) is 0 Å². The highest BCUT2D eigenvalue weighted by molar-refractivity contribution is 6.03. The van der Waals surface area contributed by atoms with Gasteiger partial charge in [0, 0.05) is 42.5 Å². The molecule has 0 unspecified atom stereocenters. The molecule has 12 nitrogen and oxygen atoms in total. The molecule has 222 valence electrons. The lowest BCUT2D eigenvalue weighted by Gasteiger charge is -2.19. The summed E-state index contributed by atoms with van der Waals surface area (Å²) in [4.78, 5) is 51.0. The first-order valence-electron chi connectivity index (χ1n) is 12.7. The Morgan fingerprint density at radius 2 is 1.79 bits per heavy atom. The smallest absolute Gasteiger partial charge is 0.411 e. The highest BCUT2D eigenvalue weighted by Crippen LogP contribution is 2.26. The molecule has 3 aromatic rings. The molecule has 2 heterocycles. The fourth-order valence-corrected chi connectivity index (χ4v) is 3.92. The number of nitrogens with one attached hydrogen (secondary N) is 4. The molecule has 1 aliphatic heterocycles. The van der Waals surface area contributed by atoms with E-state index in [0.29, 0.717) is 5.70 Å². The lowest BCUT2D eigenvalue weighted by molar-refractivity contribution is 0.102. The lowest BCUT2D eigenvalue weighted by Crippen LogP contribution is -2.42. The third-order valence-corrected chi connectivity index (χ3v) is 6.03. The summed E-state index contributed by atoms with van der Waals surface area (Å²) in [7, 11) is 1.19. The second-order valence-corrected chi connectivity index (χ2v) is 9.26. The average Bonchev–Trinajstić information content (AvgIpc) is 2.96. The van der Waals surface area contributed by atoms with E-state index in [0.717, 1.165) is 35.2 Å². The molecule has 1 aliphatic rings. The molecule has 14 heteroatoms. The number of alkyl carbamates (subject to hydrolysis) is 1. The van der Waals surface area contributed by atoms with Crippen LogP contribution in [0.25, 0.3) is 5.69 Å². The SMILES string of the molecule is COC(=O)NC1=CN/C(=C\C=N)C(Oc2ccc(NC(=O)c3cn(C(C)C)c(=O)n(-c4ccc(F)cc4)c3=O)cc2F)=C1. The summed E-state index contributed by atoms with van der Waals surface area (Å²) in [6, 6.07) is 7.72. The standard InChI is InChI=1S/C29H26F2N6O6/c1-16(2)36-15-21(27(39)37(29(36)41)20-7-4-17(30)5-8-20)26(38)34-18-6-9-24(22(31)12-18)43-25-13-19(35-28(40)42-3)14-33-23(25)10-11-32/h4-16,32-33H,1-3H3,(H,34,38)(H,35,40)/b23-10-,32-11?. The van der Waals surface area contributed by atoms with Crippen LogP contribution in [0.4, 0.5) is 19.3 Å². The summed E-state index contributed by atoms with van der Waals surface area (Å²) in [5.41, 5.74) is -1.51. The highest BCUT2D eigenvalue weighted by Gasteiger charge is 2.21. The van der Waals surface area contributed by atoms with Crippen LogP contribution >= 0.6 is 0 Å². The minimum atomic E-state index is -0.946. The zero-order chi connectivity index (χ0) is 31.3. The van der Waals surface area contributed by atoms with E-state index in [-0.39, 0.29) is 28.6 Å². The number of carbonyl (C=O) groups excluding carboxylic acids is 2. The minimum absolute atomic E-state index is 0.0242. The third-order valence-electron chi connectivity index (χ3n) is 6.03.